The van der Waals surface area contributed by atoms with Crippen molar-refractivity contribution in [3.63, 3.8) is 0 Å². The topological polar surface area (TPSA) is 37.8 Å². The summed E-state index contributed by atoms with van der Waals surface area (Å²) in [6.45, 7) is 3.53. The van der Waals surface area contributed by atoms with Gasteiger partial charge in [0.1, 0.15) is 12.1 Å². The van der Waals surface area contributed by atoms with Gasteiger partial charge in [0.25, 0.3) is 0 Å². The van der Waals surface area contributed by atoms with Crippen LogP contribution in [0.2, 0.25) is 0 Å². The van der Waals surface area contributed by atoms with E-state index in [0.717, 1.165) is 30.6 Å². The van der Waals surface area contributed by atoms with Crippen molar-refractivity contribution in [1.82, 2.24) is 15.3 Å². The lowest BCUT2D eigenvalue weighted by Gasteiger charge is -2.07. The van der Waals surface area contributed by atoms with Crippen LogP contribution in [0.1, 0.15) is 16.7 Å². The molecule has 0 saturated carbocycles. The first-order valence-electron chi connectivity index (χ1n) is 5.95. The van der Waals surface area contributed by atoms with Crippen LogP contribution in [0.4, 0.5) is 4.39 Å². The molecule has 0 fully saturated rings. The molecule has 1 aromatic heterocycles. The van der Waals surface area contributed by atoms with E-state index < -0.39 is 0 Å². The summed E-state index contributed by atoms with van der Waals surface area (Å²) >= 11 is 0. The van der Waals surface area contributed by atoms with Crippen LogP contribution < -0.4 is 5.32 Å². The SMILES string of the molecule is Cc1cc(F)ccc1CCNCc1cncnc1. The minimum atomic E-state index is -0.175. The fraction of sp³-hybridized carbons (Fsp3) is 0.286. The van der Waals surface area contributed by atoms with Crippen LogP contribution in [0.3, 0.4) is 0 Å². The molecule has 0 spiro atoms. The molecule has 0 atom stereocenters. The summed E-state index contributed by atoms with van der Waals surface area (Å²) in [7, 11) is 0. The summed E-state index contributed by atoms with van der Waals surface area (Å²) in [4.78, 5) is 7.91. The summed E-state index contributed by atoms with van der Waals surface area (Å²) in [5, 5.41) is 3.32. The second-order valence-corrected chi connectivity index (χ2v) is 4.24. The lowest BCUT2D eigenvalue weighted by molar-refractivity contribution is 0.624. The maximum atomic E-state index is 12.9. The van der Waals surface area contributed by atoms with Crippen LogP contribution in [0.15, 0.2) is 36.9 Å². The van der Waals surface area contributed by atoms with Gasteiger partial charge in [-0.1, -0.05) is 6.07 Å². The predicted octanol–water partition coefficient (Wildman–Crippen LogP) is 2.26. The molecule has 0 unspecified atom stereocenters. The Morgan fingerprint density at radius 2 is 2.00 bits per heavy atom. The fourth-order valence-corrected chi connectivity index (χ4v) is 1.82. The van der Waals surface area contributed by atoms with Crippen molar-refractivity contribution in [3.05, 3.63) is 59.4 Å². The van der Waals surface area contributed by atoms with Crippen molar-refractivity contribution >= 4 is 0 Å². The van der Waals surface area contributed by atoms with Crippen LogP contribution in [-0.2, 0) is 13.0 Å². The van der Waals surface area contributed by atoms with E-state index in [-0.39, 0.29) is 5.82 Å². The van der Waals surface area contributed by atoms with Gasteiger partial charge >= 0.3 is 0 Å². The van der Waals surface area contributed by atoms with Gasteiger partial charge in [-0.3, -0.25) is 0 Å². The number of nitrogens with one attached hydrogen (secondary N) is 1. The van der Waals surface area contributed by atoms with Gasteiger partial charge in [0.2, 0.25) is 0 Å². The molecule has 0 aliphatic rings. The van der Waals surface area contributed by atoms with Gasteiger partial charge in [-0.2, -0.15) is 0 Å². The Morgan fingerprint density at radius 3 is 2.72 bits per heavy atom. The third kappa shape index (κ3) is 3.60. The van der Waals surface area contributed by atoms with Gasteiger partial charge in [0, 0.05) is 24.5 Å². The quantitative estimate of drug-likeness (QED) is 0.821. The monoisotopic (exact) mass is 245 g/mol. The number of nitrogens with zero attached hydrogens (tertiary/aromatic N) is 2. The van der Waals surface area contributed by atoms with Gasteiger partial charge in [-0.05, 0) is 43.1 Å². The van der Waals surface area contributed by atoms with Gasteiger partial charge in [-0.15, -0.1) is 0 Å². The van der Waals surface area contributed by atoms with Crippen LogP contribution in [0.25, 0.3) is 0 Å². The van der Waals surface area contributed by atoms with Gasteiger partial charge in [-0.25, -0.2) is 14.4 Å². The molecule has 2 aromatic rings. The summed E-state index contributed by atoms with van der Waals surface area (Å²) in [6, 6.07) is 4.92. The maximum Gasteiger partial charge on any atom is 0.123 e. The van der Waals surface area contributed by atoms with E-state index in [2.05, 4.69) is 15.3 Å². The average Bonchev–Trinajstić information content (AvgIpc) is 2.38. The molecule has 0 amide bonds. The highest BCUT2D eigenvalue weighted by atomic mass is 19.1. The zero-order chi connectivity index (χ0) is 12.8. The molecule has 0 bridgehead atoms. The first kappa shape index (κ1) is 12.6. The highest BCUT2D eigenvalue weighted by Crippen LogP contribution is 2.10. The number of aromatic nitrogens is 2. The van der Waals surface area contributed by atoms with Crippen molar-refractivity contribution in [2.45, 2.75) is 19.9 Å². The molecule has 4 heteroatoms. The Morgan fingerprint density at radius 1 is 1.22 bits per heavy atom. The zero-order valence-corrected chi connectivity index (χ0v) is 10.4. The molecule has 1 N–H and O–H groups in total. The van der Waals surface area contributed by atoms with E-state index in [1.807, 2.05) is 13.0 Å². The first-order valence-corrected chi connectivity index (χ1v) is 5.95. The third-order valence-electron chi connectivity index (χ3n) is 2.82. The molecule has 94 valence electrons. The molecule has 3 nitrogen and oxygen atoms in total. The van der Waals surface area contributed by atoms with Crippen LogP contribution in [0.5, 0.6) is 0 Å². The second-order valence-electron chi connectivity index (χ2n) is 4.24. The lowest BCUT2D eigenvalue weighted by atomic mass is 10.1. The van der Waals surface area contributed by atoms with E-state index in [0.29, 0.717) is 0 Å². The van der Waals surface area contributed by atoms with Gasteiger partial charge in [0.05, 0.1) is 0 Å². The highest BCUT2D eigenvalue weighted by molar-refractivity contribution is 5.26. The predicted molar refractivity (Wildman–Crippen MR) is 68.6 cm³/mol. The molecule has 1 aromatic carbocycles. The second kappa shape index (κ2) is 6.21. The molecule has 0 aliphatic heterocycles. The zero-order valence-electron chi connectivity index (χ0n) is 10.4. The Balaban J connectivity index is 1.79. The Labute approximate surface area is 106 Å². The van der Waals surface area contributed by atoms with Crippen LogP contribution in [0, 0.1) is 12.7 Å². The number of hydrogen-bond acceptors (Lipinski definition) is 3. The summed E-state index contributed by atoms with van der Waals surface area (Å²) < 4.78 is 12.9. The summed E-state index contributed by atoms with van der Waals surface area (Å²) in [5.74, 6) is -0.175. The average molecular weight is 245 g/mol. The van der Waals surface area contributed by atoms with E-state index in [4.69, 9.17) is 0 Å². The van der Waals surface area contributed by atoms with E-state index in [1.165, 1.54) is 18.0 Å². The molecule has 18 heavy (non-hydrogen) atoms. The molecule has 0 saturated heterocycles. The van der Waals surface area contributed by atoms with Crippen LogP contribution in [-0.4, -0.2) is 16.5 Å². The Hall–Kier alpha value is -1.81. The molecular formula is C14H16FN3. The van der Waals surface area contributed by atoms with Gasteiger partial charge < -0.3 is 5.32 Å². The maximum absolute atomic E-state index is 12.9. The standard InChI is InChI=1S/C14H16FN3/c1-11-6-14(15)3-2-13(11)4-5-16-7-12-8-17-10-18-9-12/h2-3,6,8-10,16H,4-5,7H2,1H3. The molecular weight excluding hydrogens is 229 g/mol. The number of halogens is 1. The molecule has 0 radical (unpaired) electrons. The van der Waals surface area contributed by atoms with Crippen molar-refractivity contribution in [2.24, 2.45) is 0 Å². The first-order chi connectivity index (χ1) is 8.75. The minimum Gasteiger partial charge on any atom is -0.312 e. The Bertz CT molecular complexity index is 500. The Kier molecular flexibility index (Phi) is 4.36. The minimum absolute atomic E-state index is 0.175. The molecule has 1 heterocycles. The number of benzene rings is 1. The normalized spacial score (nSPS) is 10.6. The number of hydrogen-bond donors (Lipinski definition) is 1. The van der Waals surface area contributed by atoms with Crippen molar-refractivity contribution in [3.8, 4) is 0 Å². The lowest BCUT2D eigenvalue weighted by Crippen LogP contribution is -2.17. The van der Waals surface area contributed by atoms with Crippen molar-refractivity contribution < 1.29 is 4.39 Å². The molecule has 2 rings (SSSR count). The third-order valence-corrected chi connectivity index (χ3v) is 2.82. The fourth-order valence-electron chi connectivity index (χ4n) is 1.82. The van der Waals surface area contributed by atoms with Crippen LogP contribution >= 0.6 is 0 Å². The van der Waals surface area contributed by atoms with E-state index in [1.54, 1.807) is 18.5 Å². The van der Waals surface area contributed by atoms with Crippen molar-refractivity contribution in [2.75, 3.05) is 6.54 Å². The number of aryl methyl sites for hydroxylation is 1. The molecule has 0 aliphatic carbocycles. The van der Waals surface area contributed by atoms with E-state index in [9.17, 15) is 4.39 Å². The summed E-state index contributed by atoms with van der Waals surface area (Å²) in [6.07, 6.45) is 6.00. The van der Waals surface area contributed by atoms with E-state index >= 15 is 0 Å². The number of rotatable bonds is 5. The highest BCUT2D eigenvalue weighted by Gasteiger charge is 2.00. The van der Waals surface area contributed by atoms with Crippen molar-refractivity contribution in [1.29, 1.82) is 0 Å². The summed E-state index contributed by atoms with van der Waals surface area (Å²) in [5.41, 5.74) is 3.24. The van der Waals surface area contributed by atoms with Gasteiger partial charge in [0.15, 0.2) is 0 Å². The largest absolute Gasteiger partial charge is 0.312 e. The smallest absolute Gasteiger partial charge is 0.123 e.